The number of hydrogen-bond donors (Lipinski definition) is 0. The Labute approximate surface area is 192 Å². The lowest BCUT2D eigenvalue weighted by Crippen LogP contribution is -1.95. The molecule has 0 amide bonds. The van der Waals surface area contributed by atoms with E-state index in [1.165, 1.54) is 112 Å². The number of benzene rings is 2. The van der Waals surface area contributed by atoms with Crippen LogP contribution in [0.1, 0.15) is 113 Å². The first-order valence-electron chi connectivity index (χ1n) is 13.0. The fourth-order valence-corrected chi connectivity index (χ4v) is 4.11. The topological polar surface area (TPSA) is 9.23 Å². The highest BCUT2D eigenvalue weighted by atomic mass is 16.5. The molecule has 0 heterocycles. The fourth-order valence-electron chi connectivity index (χ4n) is 4.11. The standard InChI is InChI=1S/C30H46O/c1-3-5-7-9-11-13-15-27-17-21-29(22-18-27)25-31-26-30-23-19-28(20-24-30)16-14-12-10-8-6-4-2/h17-24H,3-16,25-26H2,1-2H3. The van der Waals surface area contributed by atoms with Gasteiger partial charge in [-0.3, -0.25) is 0 Å². The minimum atomic E-state index is 0.691. The predicted molar refractivity (Wildman–Crippen MR) is 136 cm³/mol. The zero-order chi connectivity index (χ0) is 22.0. The highest BCUT2D eigenvalue weighted by molar-refractivity contribution is 5.23. The molecule has 0 atom stereocenters. The van der Waals surface area contributed by atoms with Gasteiger partial charge in [0.2, 0.25) is 0 Å². The van der Waals surface area contributed by atoms with Crippen LogP contribution in [0.4, 0.5) is 0 Å². The largest absolute Gasteiger partial charge is 0.372 e. The lowest BCUT2D eigenvalue weighted by molar-refractivity contribution is 0.107. The van der Waals surface area contributed by atoms with Crippen molar-refractivity contribution >= 4 is 0 Å². The fraction of sp³-hybridized carbons (Fsp3) is 0.600. The number of hydrogen-bond acceptors (Lipinski definition) is 1. The van der Waals surface area contributed by atoms with E-state index >= 15 is 0 Å². The average molecular weight is 423 g/mol. The Balaban J connectivity index is 1.57. The van der Waals surface area contributed by atoms with Crippen LogP contribution in [0.3, 0.4) is 0 Å². The molecule has 0 saturated carbocycles. The summed E-state index contributed by atoms with van der Waals surface area (Å²) in [6, 6.07) is 18.0. The van der Waals surface area contributed by atoms with Crippen molar-refractivity contribution < 1.29 is 4.74 Å². The van der Waals surface area contributed by atoms with Gasteiger partial charge in [-0.25, -0.2) is 0 Å². The summed E-state index contributed by atoms with van der Waals surface area (Å²) in [7, 11) is 0. The first-order valence-corrected chi connectivity index (χ1v) is 13.0. The van der Waals surface area contributed by atoms with Gasteiger partial charge in [-0.2, -0.15) is 0 Å². The second-order valence-electron chi connectivity index (χ2n) is 9.16. The molecular formula is C30H46O. The first kappa shape index (κ1) is 25.7. The molecule has 0 aliphatic rings. The second kappa shape index (κ2) is 17.0. The van der Waals surface area contributed by atoms with Crippen LogP contribution in [0.5, 0.6) is 0 Å². The van der Waals surface area contributed by atoms with Gasteiger partial charge in [0.15, 0.2) is 0 Å². The Hall–Kier alpha value is -1.60. The molecule has 0 fully saturated rings. The Kier molecular flexibility index (Phi) is 14.1. The van der Waals surface area contributed by atoms with E-state index in [0.29, 0.717) is 13.2 Å². The average Bonchev–Trinajstić information content (AvgIpc) is 2.80. The van der Waals surface area contributed by atoms with Crippen molar-refractivity contribution in [3.05, 3.63) is 70.8 Å². The predicted octanol–water partition coefficient (Wildman–Crippen LogP) is 9.21. The van der Waals surface area contributed by atoms with Crippen molar-refractivity contribution in [2.45, 2.75) is 117 Å². The molecule has 2 rings (SSSR count). The summed E-state index contributed by atoms with van der Waals surface area (Å²) in [6.07, 6.45) is 18.8. The zero-order valence-corrected chi connectivity index (χ0v) is 20.3. The van der Waals surface area contributed by atoms with Crippen molar-refractivity contribution in [2.75, 3.05) is 0 Å². The van der Waals surface area contributed by atoms with Gasteiger partial charge in [-0.1, -0.05) is 127 Å². The van der Waals surface area contributed by atoms with Gasteiger partial charge < -0.3 is 4.74 Å². The summed E-state index contributed by atoms with van der Waals surface area (Å²) in [5.74, 6) is 0. The minimum Gasteiger partial charge on any atom is -0.372 e. The summed E-state index contributed by atoms with van der Waals surface area (Å²) in [5.41, 5.74) is 5.46. The van der Waals surface area contributed by atoms with Gasteiger partial charge in [-0.15, -0.1) is 0 Å². The van der Waals surface area contributed by atoms with Crippen LogP contribution in [0.2, 0.25) is 0 Å². The number of rotatable bonds is 18. The summed E-state index contributed by atoms with van der Waals surface area (Å²) in [4.78, 5) is 0. The normalized spacial score (nSPS) is 11.2. The van der Waals surface area contributed by atoms with Gasteiger partial charge in [0, 0.05) is 0 Å². The third-order valence-electron chi connectivity index (χ3n) is 6.22. The third-order valence-corrected chi connectivity index (χ3v) is 6.22. The molecule has 2 aromatic rings. The van der Waals surface area contributed by atoms with Crippen LogP contribution in [0.25, 0.3) is 0 Å². The Morgan fingerprint density at radius 3 is 1.13 bits per heavy atom. The lowest BCUT2D eigenvalue weighted by atomic mass is 10.0. The van der Waals surface area contributed by atoms with Crippen molar-refractivity contribution in [1.29, 1.82) is 0 Å². The molecule has 172 valence electrons. The Morgan fingerprint density at radius 2 is 0.742 bits per heavy atom. The van der Waals surface area contributed by atoms with Crippen molar-refractivity contribution in [2.24, 2.45) is 0 Å². The molecule has 0 bridgehead atoms. The minimum absolute atomic E-state index is 0.691. The van der Waals surface area contributed by atoms with Crippen LogP contribution >= 0.6 is 0 Å². The molecule has 0 N–H and O–H groups in total. The third kappa shape index (κ3) is 12.1. The van der Waals surface area contributed by atoms with Gasteiger partial charge in [0.1, 0.15) is 0 Å². The highest BCUT2D eigenvalue weighted by Gasteiger charge is 2.00. The van der Waals surface area contributed by atoms with Crippen molar-refractivity contribution in [1.82, 2.24) is 0 Å². The number of aryl methyl sites for hydroxylation is 2. The van der Waals surface area contributed by atoms with Gasteiger partial charge in [-0.05, 0) is 47.9 Å². The lowest BCUT2D eigenvalue weighted by Gasteiger charge is -2.08. The number of unbranched alkanes of at least 4 members (excludes halogenated alkanes) is 10. The van der Waals surface area contributed by atoms with E-state index in [4.69, 9.17) is 4.74 Å². The van der Waals surface area contributed by atoms with E-state index in [0.717, 1.165) is 0 Å². The highest BCUT2D eigenvalue weighted by Crippen LogP contribution is 2.14. The Bertz CT molecular complexity index is 596. The summed E-state index contributed by atoms with van der Waals surface area (Å²) < 4.78 is 5.96. The van der Waals surface area contributed by atoms with Gasteiger partial charge in [0.25, 0.3) is 0 Å². The quantitative estimate of drug-likeness (QED) is 0.217. The molecule has 1 nitrogen and oxygen atoms in total. The maximum Gasteiger partial charge on any atom is 0.0721 e. The maximum absolute atomic E-state index is 5.96. The molecule has 2 aromatic carbocycles. The molecule has 0 spiro atoms. The van der Waals surface area contributed by atoms with Crippen LogP contribution < -0.4 is 0 Å². The van der Waals surface area contributed by atoms with Crippen LogP contribution in [0, 0.1) is 0 Å². The Morgan fingerprint density at radius 1 is 0.419 bits per heavy atom. The SMILES string of the molecule is CCCCCCCCc1ccc(COCc2ccc(CCCCCCCC)cc2)cc1. The van der Waals surface area contributed by atoms with Gasteiger partial charge in [0.05, 0.1) is 13.2 Å². The van der Waals surface area contributed by atoms with Crippen LogP contribution in [-0.4, -0.2) is 0 Å². The van der Waals surface area contributed by atoms with Crippen LogP contribution in [0.15, 0.2) is 48.5 Å². The monoisotopic (exact) mass is 422 g/mol. The smallest absolute Gasteiger partial charge is 0.0721 e. The molecule has 0 aliphatic carbocycles. The van der Waals surface area contributed by atoms with E-state index in [1.807, 2.05) is 0 Å². The molecule has 0 unspecified atom stereocenters. The number of ether oxygens (including phenoxy) is 1. The summed E-state index contributed by atoms with van der Waals surface area (Å²) >= 11 is 0. The van der Waals surface area contributed by atoms with E-state index in [9.17, 15) is 0 Å². The summed E-state index contributed by atoms with van der Waals surface area (Å²) in [6.45, 7) is 5.94. The molecular weight excluding hydrogens is 376 g/mol. The zero-order valence-electron chi connectivity index (χ0n) is 20.3. The molecule has 0 saturated heterocycles. The summed E-state index contributed by atoms with van der Waals surface area (Å²) in [5, 5.41) is 0. The van der Waals surface area contributed by atoms with Gasteiger partial charge >= 0.3 is 0 Å². The molecule has 0 aromatic heterocycles. The molecule has 0 aliphatic heterocycles. The van der Waals surface area contributed by atoms with Crippen molar-refractivity contribution in [3.8, 4) is 0 Å². The first-order chi connectivity index (χ1) is 15.3. The molecule has 0 radical (unpaired) electrons. The van der Waals surface area contributed by atoms with E-state index < -0.39 is 0 Å². The van der Waals surface area contributed by atoms with Crippen LogP contribution in [-0.2, 0) is 30.8 Å². The maximum atomic E-state index is 5.96. The van der Waals surface area contributed by atoms with Crippen molar-refractivity contribution in [3.63, 3.8) is 0 Å². The van der Waals surface area contributed by atoms with E-state index in [1.54, 1.807) is 0 Å². The second-order valence-corrected chi connectivity index (χ2v) is 9.16. The molecule has 1 heteroatoms. The van der Waals surface area contributed by atoms with E-state index in [2.05, 4.69) is 62.4 Å². The molecule has 31 heavy (non-hydrogen) atoms. The van der Waals surface area contributed by atoms with E-state index in [-0.39, 0.29) is 0 Å².